The van der Waals surface area contributed by atoms with Crippen LogP contribution in [0.2, 0.25) is 0 Å². The summed E-state index contributed by atoms with van der Waals surface area (Å²) in [5.74, 6) is -0.989. The van der Waals surface area contributed by atoms with Crippen LogP contribution in [0.5, 0.6) is 0 Å². The van der Waals surface area contributed by atoms with Crippen molar-refractivity contribution in [1.29, 1.82) is 0 Å². The molecule has 136 valence electrons. The molecule has 0 amide bonds. The summed E-state index contributed by atoms with van der Waals surface area (Å²) in [5.41, 5.74) is 3.88. The molecular weight excluding hydrogens is 348 g/mol. The molecule has 3 aromatic rings. The van der Waals surface area contributed by atoms with Crippen LogP contribution in [0.1, 0.15) is 33.0 Å². The topological polar surface area (TPSA) is 43.4 Å². The Labute approximate surface area is 163 Å². The summed E-state index contributed by atoms with van der Waals surface area (Å²) in [6.07, 6.45) is 0. The predicted molar refractivity (Wildman–Crippen MR) is 108 cm³/mol. The van der Waals surface area contributed by atoms with Crippen molar-refractivity contribution in [2.75, 3.05) is 7.11 Å². The van der Waals surface area contributed by atoms with Crippen LogP contribution in [0.3, 0.4) is 0 Å². The molecule has 3 aromatic carbocycles. The summed E-state index contributed by atoms with van der Waals surface area (Å²) >= 11 is 0. The number of fused-ring (bicyclic) bond motifs is 3. The van der Waals surface area contributed by atoms with Gasteiger partial charge in [0.15, 0.2) is 11.2 Å². The zero-order valence-corrected chi connectivity index (χ0v) is 15.4. The van der Waals surface area contributed by atoms with Gasteiger partial charge >= 0.3 is 5.97 Å². The lowest BCUT2D eigenvalue weighted by Gasteiger charge is -2.46. The summed E-state index contributed by atoms with van der Waals surface area (Å²) in [4.78, 5) is 26.8. The van der Waals surface area contributed by atoms with Gasteiger partial charge in [-0.2, -0.15) is 0 Å². The molecule has 0 spiro atoms. The van der Waals surface area contributed by atoms with Crippen LogP contribution in [0.15, 0.2) is 84.9 Å². The minimum Gasteiger partial charge on any atom is -0.468 e. The van der Waals surface area contributed by atoms with Gasteiger partial charge in [0.1, 0.15) is 0 Å². The van der Waals surface area contributed by atoms with E-state index in [1.165, 1.54) is 7.11 Å². The highest BCUT2D eigenvalue weighted by atomic mass is 16.5. The fraction of sp³-hybridized carbons (Fsp3) is 0.120. The monoisotopic (exact) mass is 366 g/mol. The SMILES string of the molecule is COC(=O)[C@]12C(=O)c3ccccc3[C@H]1C(c1ccccc1)=C2c1ccccc1. The van der Waals surface area contributed by atoms with Crippen LogP contribution in [-0.4, -0.2) is 18.9 Å². The van der Waals surface area contributed by atoms with E-state index in [4.69, 9.17) is 4.74 Å². The fourth-order valence-corrected chi connectivity index (χ4v) is 4.83. The second-order valence-corrected chi connectivity index (χ2v) is 7.17. The highest BCUT2D eigenvalue weighted by molar-refractivity contribution is 6.34. The molecule has 0 heterocycles. The zero-order valence-electron chi connectivity index (χ0n) is 15.4. The van der Waals surface area contributed by atoms with Gasteiger partial charge in [-0.1, -0.05) is 84.9 Å². The summed E-state index contributed by atoms with van der Waals surface area (Å²) < 4.78 is 5.20. The Morgan fingerprint density at radius 1 is 0.821 bits per heavy atom. The van der Waals surface area contributed by atoms with Gasteiger partial charge in [0.2, 0.25) is 0 Å². The van der Waals surface area contributed by atoms with E-state index >= 15 is 0 Å². The molecule has 0 bridgehead atoms. The molecule has 2 aliphatic carbocycles. The Hall–Kier alpha value is -3.46. The zero-order chi connectivity index (χ0) is 19.3. The van der Waals surface area contributed by atoms with E-state index in [-0.39, 0.29) is 11.7 Å². The van der Waals surface area contributed by atoms with Crippen molar-refractivity contribution in [3.8, 4) is 0 Å². The third-order valence-corrected chi connectivity index (χ3v) is 5.91. The number of ether oxygens (including phenoxy) is 1. The molecule has 0 aromatic heterocycles. The van der Waals surface area contributed by atoms with Crippen LogP contribution in [0.4, 0.5) is 0 Å². The van der Waals surface area contributed by atoms with Crippen molar-refractivity contribution in [3.63, 3.8) is 0 Å². The minimum atomic E-state index is -1.31. The smallest absolute Gasteiger partial charge is 0.325 e. The van der Waals surface area contributed by atoms with Gasteiger partial charge in [0.05, 0.1) is 7.11 Å². The van der Waals surface area contributed by atoms with Crippen molar-refractivity contribution >= 4 is 22.9 Å². The molecule has 3 heteroatoms. The van der Waals surface area contributed by atoms with E-state index in [1.807, 2.05) is 84.9 Å². The molecule has 0 fully saturated rings. The van der Waals surface area contributed by atoms with Gasteiger partial charge in [-0.3, -0.25) is 9.59 Å². The third-order valence-electron chi connectivity index (χ3n) is 5.91. The molecule has 2 atom stereocenters. The lowest BCUT2D eigenvalue weighted by atomic mass is 9.53. The maximum atomic E-state index is 13.6. The molecule has 0 saturated carbocycles. The predicted octanol–water partition coefficient (Wildman–Crippen LogP) is 4.75. The number of ketones is 1. The summed E-state index contributed by atoms with van der Waals surface area (Å²) in [7, 11) is 1.35. The van der Waals surface area contributed by atoms with E-state index in [0.29, 0.717) is 5.56 Å². The van der Waals surface area contributed by atoms with Gasteiger partial charge in [-0.05, 0) is 27.8 Å². The van der Waals surface area contributed by atoms with Crippen molar-refractivity contribution in [2.45, 2.75) is 5.92 Å². The van der Waals surface area contributed by atoms with Crippen LogP contribution < -0.4 is 0 Å². The number of hydrogen-bond donors (Lipinski definition) is 0. The van der Waals surface area contributed by atoms with Gasteiger partial charge in [-0.15, -0.1) is 0 Å². The fourth-order valence-electron chi connectivity index (χ4n) is 4.83. The molecule has 0 unspecified atom stereocenters. The molecular formula is C25H18O3. The van der Waals surface area contributed by atoms with E-state index in [0.717, 1.165) is 27.8 Å². The Bertz CT molecular complexity index is 1130. The van der Waals surface area contributed by atoms with Crippen LogP contribution >= 0.6 is 0 Å². The minimum absolute atomic E-state index is 0.168. The normalized spacial score (nSPS) is 22.3. The molecule has 0 aliphatic heterocycles. The number of methoxy groups -OCH3 is 1. The molecule has 0 saturated heterocycles. The van der Waals surface area contributed by atoms with Crippen molar-refractivity contribution < 1.29 is 14.3 Å². The van der Waals surface area contributed by atoms with Crippen LogP contribution in [0.25, 0.3) is 11.1 Å². The largest absolute Gasteiger partial charge is 0.468 e. The maximum Gasteiger partial charge on any atom is 0.325 e. The number of allylic oxidation sites excluding steroid dienone is 1. The van der Waals surface area contributed by atoms with Gasteiger partial charge < -0.3 is 4.74 Å². The molecule has 28 heavy (non-hydrogen) atoms. The number of hydrogen-bond acceptors (Lipinski definition) is 3. The van der Waals surface area contributed by atoms with Gasteiger partial charge in [0, 0.05) is 11.5 Å². The van der Waals surface area contributed by atoms with Crippen molar-refractivity contribution in [3.05, 3.63) is 107 Å². The van der Waals surface area contributed by atoms with Crippen LogP contribution in [0, 0.1) is 5.41 Å². The quantitative estimate of drug-likeness (QED) is 0.496. The number of benzene rings is 3. The van der Waals surface area contributed by atoms with E-state index in [2.05, 4.69) is 0 Å². The molecule has 2 aliphatic rings. The molecule has 0 radical (unpaired) electrons. The van der Waals surface area contributed by atoms with Crippen molar-refractivity contribution in [1.82, 2.24) is 0 Å². The highest BCUT2D eigenvalue weighted by Crippen LogP contribution is 2.69. The molecule has 5 rings (SSSR count). The lowest BCUT2D eigenvalue weighted by Crippen LogP contribution is -2.49. The maximum absolute atomic E-state index is 13.6. The second-order valence-electron chi connectivity index (χ2n) is 7.17. The average molecular weight is 366 g/mol. The number of esters is 1. The Morgan fingerprint density at radius 3 is 2.04 bits per heavy atom. The molecule has 0 N–H and O–H groups in total. The Kier molecular flexibility index (Phi) is 3.59. The van der Waals surface area contributed by atoms with E-state index in [9.17, 15) is 9.59 Å². The number of carbonyl (C=O) groups is 2. The summed E-state index contributed by atoms with van der Waals surface area (Å²) in [6, 6.07) is 27.2. The average Bonchev–Trinajstić information content (AvgIpc) is 2.95. The third kappa shape index (κ3) is 1.93. The Morgan fingerprint density at radius 2 is 1.39 bits per heavy atom. The van der Waals surface area contributed by atoms with E-state index in [1.54, 1.807) is 0 Å². The first-order valence-corrected chi connectivity index (χ1v) is 9.29. The first-order chi connectivity index (χ1) is 13.7. The standard InChI is InChI=1S/C25H18O3/c1-28-24(27)25-21(17-12-6-3-7-13-17)20(16-10-4-2-5-11-16)22(25)18-14-8-9-15-19(18)23(25)26/h2-15,22H,1H3/t22-,25-/m0/s1. The molecule has 3 nitrogen and oxygen atoms in total. The number of carbonyl (C=O) groups excluding carboxylic acids is 2. The van der Waals surface area contributed by atoms with Crippen molar-refractivity contribution in [2.24, 2.45) is 5.41 Å². The summed E-state index contributed by atoms with van der Waals surface area (Å²) in [6.45, 7) is 0. The van der Waals surface area contributed by atoms with Gasteiger partial charge in [-0.25, -0.2) is 0 Å². The highest BCUT2D eigenvalue weighted by Gasteiger charge is 2.69. The number of rotatable bonds is 3. The second kappa shape index (κ2) is 6.03. The summed E-state index contributed by atoms with van der Waals surface area (Å²) in [5, 5.41) is 0. The van der Waals surface area contributed by atoms with Crippen LogP contribution in [-0.2, 0) is 9.53 Å². The first kappa shape index (κ1) is 16.7. The number of Topliss-reactive ketones (excluding diaryl/α,β-unsaturated/α-hetero) is 1. The lowest BCUT2D eigenvalue weighted by molar-refractivity contribution is -0.147. The first-order valence-electron chi connectivity index (χ1n) is 9.29. The Balaban J connectivity index is 1.88. The van der Waals surface area contributed by atoms with E-state index < -0.39 is 11.4 Å². The van der Waals surface area contributed by atoms with Gasteiger partial charge in [0.25, 0.3) is 0 Å².